The highest BCUT2D eigenvalue weighted by atomic mass is 14.9. The molecule has 0 atom stereocenters. The van der Waals surface area contributed by atoms with E-state index in [2.05, 4.69) is 133 Å². The van der Waals surface area contributed by atoms with Crippen LogP contribution in [0.1, 0.15) is 5.56 Å². The Morgan fingerprint density at radius 2 is 0.918 bits per heavy atom. The summed E-state index contributed by atoms with van der Waals surface area (Å²) in [6.07, 6.45) is 0. The minimum Gasteiger partial charge on any atom is -0.238 e. The van der Waals surface area contributed by atoms with Gasteiger partial charge in [-0.1, -0.05) is 170 Å². The molecule has 1 heterocycles. The molecule has 0 radical (unpaired) electrons. The molecule has 1 aromatic heterocycles. The van der Waals surface area contributed by atoms with Crippen molar-refractivity contribution < 1.29 is 0 Å². The molecule has 0 unspecified atom stereocenters. The molecule has 0 amide bonds. The van der Waals surface area contributed by atoms with Gasteiger partial charge in [0.2, 0.25) is 0 Å². The number of hydrogen-bond acceptors (Lipinski definition) is 2. The normalized spacial score (nSPS) is 10.9. The van der Waals surface area contributed by atoms with Crippen molar-refractivity contribution in [3.63, 3.8) is 0 Å². The highest BCUT2D eigenvalue weighted by Gasteiger charge is 2.17. The van der Waals surface area contributed by atoms with Gasteiger partial charge in [-0.15, -0.1) is 0 Å². The van der Waals surface area contributed by atoms with Crippen LogP contribution in [-0.4, -0.2) is 9.97 Å². The third kappa shape index (κ3) is 5.78. The maximum absolute atomic E-state index is 7.26. The Balaban J connectivity index is 1.23. The maximum Gasteiger partial charge on any atom is 0.187 e. The van der Waals surface area contributed by atoms with Crippen LogP contribution in [0.15, 0.2) is 170 Å². The topological polar surface area (TPSA) is 30.1 Å². The highest BCUT2D eigenvalue weighted by Crippen LogP contribution is 2.40. The van der Waals surface area contributed by atoms with E-state index in [1.165, 1.54) is 21.9 Å². The van der Waals surface area contributed by atoms with Crippen LogP contribution in [0.25, 0.3) is 82.9 Å². The first-order chi connectivity index (χ1) is 24.2. The lowest BCUT2D eigenvalue weighted by Gasteiger charge is -2.16. The lowest BCUT2D eigenvalue weighted by atomic mass is 9.88. The van der Waals surface area contributed by atoms with Gasteiger partial charge < -0.3 is 0 Å². The average molecular weight is 626 g/mol. The van der Waals surface area contributed by atoms with E-state index in [0.717, 1.165) is 55.9 Å². The monoisotopic (exact) mass is 625 g/mol. The number of hydrogen-bond donors (Lipinski definition) is 0. The molecule has 0 saturated heterocycles. The molecule has 8 rings (SSSR count). The summed E-state index contributed by atoms with van der Waals surface area (Å²) in [7, 11) is 0. The predicted octanol–water partition coefficient (Wildman–Crippen LogP) is 12.5. The van der Waals surface area contributed by atoms with Gasteiger partial charge in [0.25, 0.3) is 0 Å². The SMILES string of the molecule is [C-]#[N+]c1ccc(-c2ccc(-c3ccc4ccccc4c3-c3ccc(-c4nc(-c5ccccc5)nc(-c5ccccc5)c4C)cc3)cc2)cc1. The summed E-state index contributed by atoms with van der Waals surface area (Å²) in [4.78, 5) is 13.7. The van der Waals surface area contributed by atoms with E-state index in [1.54, 1.807) is 0 Å². The van der Waals surface area contributed by atoms with Gasteiger partial charge in [-0.2, -0.15) is 0 Å². The van der Waals surface area contributed by atoms with E-state index in [1.807, 2.05) is 48.5 Å². The molecule has 0 aliphatic heterocycles. The number of fused-ring (bicyclic) bond motifs is 1. The summed E-state index contributed by atoms with van der Waals surface area (Å²) in [6.45, 7) is 9.37. The zero-order chi connectivity index (χ0) is 33.2. The lowest BCUT2D eigenvalue weighted by molar-refractivity contribution is 1.15. The van der Waals surface area contributed by atoms with Crippen LogP contribution in [0.5, 0.6) is 0 Å². The van der Waals surface area contributed by atoms with Gasteiger partial charge in [-0.25, -0.2) is 14.8 Å². The smallest absolute Gasteiger partial charge is 0.187 e. The molecule has 3 heteroatoms. The van der Waals surface area contributed by atoms with Gasteiger partial charge in [0.05, 0.1) is 18.0 Å². The molecule has 3 nitrogen and oxygen atoms in total. The van der Waals surface area contributed by atoms with Gasteiger partial charge in [-0.05, 0) is 51.1 Å². The Labute approximate surface area is 286 Å². The molecule has 49 heavy (non-hydrogen) atoms. The predicted molar refractivity (Wildman–Crippen MR) is 203 cm³/mol. The van der Waals surface area contributed by atoms with Crippen LogP contribution in [0.3, 0.4) is 0 Å². The average Bonchev–Trinajstić information content (AvgIpc) is 3.18. The molecular formula is C46H31N3. The van der Waals surface area contributed by atoms with Crippen LogP contribution in [0, 0.1) is 13.5 Å². The molecule has 230 valence electrons. The fraction of sp³-hybridized carbons (Fsp3) is 0.0217. The number of rotatable bonds is 6. The van der Waals surface area contributed by atoms with Crippen LogP contribution < -0.4 is 0 Å². The van der Waals surface area contributed by atoms with Crippen molar-refractivity contribution in [3.05, 3.63) is 187 Å². The first-order valence-electron chi connectivity index (χ1n) is 16.4. The first-order valence-corrected chi connectivity index (χ1v) is 16.4. The van der Waals surface area contributed by atoms with Crippen LogP contribution in [0.4, 0.5) is 5.69 Å². The molecule has 7 aromatic carbocycles. The minimum absolute atomic E-state index is 0.648. The number of nitrogens with zero attached hydrogens (tertiary/aromatic N) is 3. The van der Waals surface area contributed by atoms with Crippen molar-refractivity contribution in [2.24, 2.45) is 0 Å². The molecule has 0 spiro atoms. The van der Waals surface area contributed by atoms with E-state index < -0.39 is 0 Å². The van der Waals surface area contributed by atoms with Crippen molar-refractivity contribution in [3.8, 4) is 67.3 Å². The quantitative estimate of drug-likeness (QED) is 0.172. The second-order valence-corrected chi connectivity index (χ2v) is 12.1. The van der Waals surface area contributed by atoms with Gasteiger partial charge >= 0.3 is 0 Å². The van der Waals surface area contributed by atoms with E-state index in [9.17, 15) is 0 Å². The van der Waals surface area contributed by atoms with Gasteiger partial charge in [-0.3, -0.25) is 0 Å². The van der Waals surface area contributed by atoms with Crippen molar-refractivity contribution >= 4 is 16.5 Å². The molecule has 0 saturated carbocycles. The second kappa shape index (κ2) is 12.9. The molecular weight excluding hydrogens is 595 g/mol. The van der Waals surface area contributed by atoms with Crippen molar-refractivity contribution in [1.82, 2.24) is 9.97 Å². The van der Waals surface area contributed by atoms with Crippen molar-refractivity contribution in [2.45, 2.75) is 6.92 Å². The van der Waals surface area contributed by atoms with Crippen LogP contribution >= 0.6 is 0 Å². The van der Waals surface area contributed by atoms with E-state index in [-0.39, 0.29) is 0 Å². The van der Waals surface area contributed by atoms with Gasteiger partial charge in [0.1, 0.15) is 0 Å². The third-order valence-corrected chi connectivity index (χ3v) is 9.13. The molecule has 8 aromatic rings. The zero-order valence-corrected chi connectivity index (χ0v) is 27.0. The minimum atomic E-state index is 0.648. The standard InChI is InChI=1S/C46H31N3/c1-31-44(37-12-5-3-6-13-37)48-46(39-14-7-4-8-15-39)49-45(31)38-23-21-36(22-24-38)43-41-16-10-9-11-34(41)27-30-42(43)35-19-17-32(18-20-35)33-25-28-40(47-2)29-26-33/h3-30H,1H3. The second-order valence-electron chi connectivity index (χ2n) is 12.1. The highest BCUT2D eigenvalue weighted by molar-refractivity contribution is 6.04. The zero-order valence-electron chi connectivity index (χ0n) is 27.0. The van der Waals surface area contributed by atoms with Crippen molar-refractivity contribution in [1.29, 1.82) is 0 Å². The van der Waals surface area contributed by atoms with Crippen LogP contribution in [0.2, 0.25) is 0 Å². The summed E-state index contributed by atoms with van der Waals surface area (Å²) in [5, 5.41) is 2.41. The number of aromatic nitrogens is 2. The third-order valence-electron chi connectivity index (χ3n) is 9.13. The molecule has 0 aliphatic rings. The fourth-order valence-electron chi connectivity index (χ4n) is 6.58. The van der Waals surface area contributed by atoms with E-state index in [4.69, 9.17) is 16.5 Å². The molecule has 0 bridgehead atoms. The lowest BCUT2D eigenvalue weighted by Crippen LogP contribution is -2.00. The molecule has 0 N–H and O–H groups in total. The molecule has 0 aliphatic carbocycles. The van der Waals surface area contributed by atoms with E-state index in [0.29, 0.717) is 11.5 Å². The first kappa shape index (κ1) is 29.8. The number of benzene rings is 7. The Morgan fingerprint density at radius 3 is 1.55 bits per heavy atom. The summed E-state index contributed by atoms with van der Waals surface area (Å²) >= 11 is 0. The Kier molecular flexibility index (Phi) is 7.82. The summed E-state index contributed by atoms with van der Waals surface area (Å²) in [5.41, 5.74) is 13.6. The van der Waals surface area contributed by atoms with Crippen LogP contribution in [-0.2, 0) is 0 Å². The van der Waals surface area contributed by atoms with Gasteiger partial charge in [0.15, 0.2) is 11.5 Å². The maximum atomic E-state index is 7.26. The molecule has 0 fully saturated rings. The Morgan fingerprint density at radius 1 is 0.429 bits per heavy atom. The largest absolute Gasteiger partial charge is 0.238 e. The summed E-state index contributed by atoms with van der Waals surface area (Å²) < 4.78 is 0. The van der Waals surface area contributed by atoms with Gasteiger partial charge in [0, 0.05) is 22.3 Å². The Hall–Kier alpha value is -6.63. The Bertz CT molecular complexity index is 2460. The van der Waals surface area contributed by atoms with E-state index >= 15 is 0 Å². The summed E-state index contributed by atoms with van der Waals surface area (Å²) in [6, 6.07) is 58.9. The van der Waals surface area contributed by atoms with Crippen molar-refractivity contribution in [2.75, 3.05) is 0 Å². The fourth-order valence-corrected chi connectivity index (χ4v) is 6.58. The summed E-state index contributed by atoms with van der Waals surface area (Å²) in [5.74, 6) is 0.714.